The summed E-state index contributed by atoms with van der Waals surface area (Å²) in [7, 11) is 2.15. The van der Waals surface area contributed by atoms with Gasteiger partial charge in [0.1, 0.15) is 0 Å². The Kier molecular flexibility index (Phi) is 5.64. The van der Waals surface area contributed by atoms with Crippen LogP contribution in [0.1, 0.15) is 33.1 Å². The van der Waals surface area contributed by atoms with Gasteiger partial charge in [-0.15, -0.1) is 0 Å². The van der Waals surface area contributed by atoms with E-state index in [1.165, 1.54) is 16.8 Å². The molecule has 148 valence electrons. The number of rotatable bonds is 5. The van der Waals surface area contributed by atoms with Gasteiger partial charge in [0.2, 0.25) is 0 Å². The molecule has 1 atom stereocenters. The molecule has 0 saturated carbocycles. The standard InChI is InChI=1S/C23H29N3O2/c1-17-5-3-4-6-20(17)23(27)24-16-22(26-11-13-28-14-12-26)18-7-8-21-19(15-18)9-10-25(21)2/h3-8,15,22H,9-14,16H2,1-2H3,(H,24,27)/t22-/m1/s1. The number of nitrogens with zero attached hydrogens (tertiary/aromatic N) is 2. The van der Waals surface area contributed by atoms with E-state index in [0.29, 0.717) is 6.54 Å². The third-order valence-corrected chi connectivity index (χ3v) is 5.95. The lowest BCUT2D eigenvalue weighted by Gasteiger charge is -2.35. The summed E-state index contributed by atoms with van der Waals surface area (Å²) in [6, 6.07) is 14.7. The highest BCUT2D eigenvalue weighted by atomic mass is 16.5. The topological polar surface area (TPSA) is 44.8 Å². The number of morpholine rings is 1. The molecular formula is C23H29N3O2. The lowest BCUT2D eigenvalue weighted by Crippen LogP contribution is -2.44. The molecule has 1 amide bonds. The van der Waals surface area contributed by atoms with Crippen molar-refractivity contribution in [2.24, 2.45) is 0 Å². The van der Waals surface area contributed by atoms with Crippen LogP contribution < -0.4 is 10.2 Å². The summed E-state index contributed by atoms with van der Waals surface area (Å²) in [5.74, 6) is -0.00254. The molecule has 0 unspecified atom stereocenters. The molecule has 5 nitrogen and oxygen atoms in total. The van der Waals surface area contributed by atoms with Crippen molar-refractivity contribution in [1.82, 2.24) is 10.2 Å². The minimum absolute atomic E-state index is 0.00254. The molecule has 0 spiro atoms. The van der Waals surface area contributed by atoms with Crippen molar-refractivity contribution >= 4 is 11.6 Å². The number of benzene rings is 2. The van der Waals surface area contributed by atoms with Gasteiger partial charge in [-0.25, -0.2) is 0 Å². The Morgan fingerprint density at radius 3 is 2.71 bits per heavy atom. The summed E-state index contributed by atoms with van der Waals surface area (Å²) in [5, 5.41) is 3.18. The summed E-state index contributed by atoms with van der Waals surface area (Å²) in [4.78, 5) is 17.5. The highest BCUT2D eigenvalue weighted by Crippen LogP contribution is 2.31. The van der Waals surface area contributed by atoms with Crippen LogP contribution in [-0.4, -0.2) is 57.2 Å². The van der Waals surface area contributed by atoms with Crippen LogP contribution in [0.25, 0.3) is 0 Å². The second-order valence-electron chi connectivity index (χ2n) is 7.75. The molecule has 0 radical (unpaired) electrons. The van der Waals surface area contributed by atoms with Crippen LogP contribution in [0, 0.1) is 6.92 Å². The zero-order valence-electron chi connectivity index (χ0n) is 16.8. The number of ether oxygens (including phenoxy) is 1. The van der Waals surface area contributed by atoms with Gasteiger partial charge in [0.05, 0.1) is 19.3 Å². The Morgan fingerprint density at radius 1 is 1.14 bits per heavy atom. The van der Waals surface area contributed by atoms with Crippen LogP contribution in [0.2, 0.25) is 0 Å². The number of nitrogens with one attached hydrogen (secondary N) is 1. The normalized spacial score (nSPS) is 18.0. The summed E-state index contributed by atoms with van der Waals surface area (Å²) >= 11 is 0. The van der Waals surface area contributed by atoms with Crippen molar-refractivity contribution in [2.75, 3.05) is 51.3 Å². The predicted octanol–water partition coefficient (Wildman–Crippen LogP) is 2.79. The van der Waals surface area contributed by atoms with Gasteiger partial charge in [-0.2, -0.15) is 0 Å². The average molecular weight is 380 g/mol. The molecule has 2 aliphatic rings. The second-order valence-corrected chi connectivity index (χ2v) is 7.75. The molecule has 0 aromatic heterocycles. The van der Waals surface area contributed by atoms with Crippen LogP contribution in [0.4, 0.5) is 5.69 Å². The first-order valence-corrected chi connectivity index (χ1v) is 10.1. The quantitative estimate of drug-likeness (QED) is 0.868. The smallest absolute Gasteiger partial charge is 0.251 e. The van der Waals surface area contributed by atoms with E-state index in [9.17, 15) is 4.79 Å². The number of hydrogen-bond acceptors (Lipinski definition) is 4. The van der Waals surface area contributed by atoms with Crippen molar-refractivity contribution in [3.8, 4) is 0 Å². The van der Waals surface area contributed by atoms with E-state index < -0.39 is 0 Å². The number of likely N-dealkylation sites (N-methyl/N-ethyl adjacent to an activating group) is 1. The minimum Gasteiger partial charge on any atom is -0.379 e. The van der Waals surface area contributed by atoms with E-state index in [1.54, 1.807) is 0 Å². The van der Waals surface area contributed by atoms with E-state index in [1.807, 2.05) is 31.2 Å². The lowest BCUT2D eigenvalue weighted by atomic mass is 10.00. The number of aryl methyl sites for hydroxylation is 1. The largest absolute Gasteiger partial charge is 0.379 e. The van der Waals surface area contributed by atoms with Crippen molar-refractivity contribution in [1.29, 1.82) is 0 Å². The molecule has 1 fully saturated rings. The zero-order chi connectivity index (χ0) is 19.5. The highest BCUT2D eigenvalue weighted by molar-refractivity contribution is 5.95. The summed E-state index contributed by atoms with van der Waals surface area (Å²) in [6.07, 6.45) is 1.09. The van der Waals surface area contributed by atoms with Crippen LogP contribution in [0.3, 0.4) is 0 Å². The summed E-state index contributed by atoms with van der Waals surface area (Å²) in [6.45, 7) is 6.92. The Balaban J connectivity index is 1.54. The van der Waals surface area contributed by atoms with Crippen LogP contribution in [0.5, 0.6) is 0 Å². The van der Waals surface area contributed by atoms with Gasteiger partial charge in [-0.1, -0.05) is 30.3 Å². The van der Waals surface area contributed by atoms with E-state index in [2.05, 4.69) is 40.4 Å². The molecule has 1 saturated heterocycles. The third-order valence-electron chi connectivity index (χ3n) is 5.95. The van der Waals surface area contributed by atoms with Crippen LogP contribution >= 0.6 is 0 Å². The van der Waals surface area contributed by atoms with Gasteiger partial charge in [-0.05, 0) is 42.2 Å². The average Bonchev–Trinajstić information content (AvgIpc) is 3.09. The lowest BCUT2D eigenvalue weighted by molar-refractivity contribution is 0.0162. The van der Waals surface area contributed by atoms with Gasteiger partial charge in [0.25, 0.3) is 5.91 Å². The number of hydrogen-bond donors (Lipinski definition) is 1. The van der Waals surface area contributed by atoms with Crippen LogP contribution in [-0.2, 0) is 11.2 Å². The first-order chi connectivity index (χ1) is 13.6. The molecule has 1 N–H and O–H groups in total. The van der Waals surface area contributed by atoms with E-state index >= 15 is 0 Å². The van der Waals surface area contributed by atoms with Crippen molar-refractivity contribution in [3.05, 3.63) is 64.7 Å². The first kappa shape index (κ1) is 19.0. The molecule has 5 heteroatoms. The predicted molar refractivity (Wildman–Crippen MR) is 112 cm³/mol. The number of carbonyl (C=O) groups is 1. The SMILES string of the molecule is Cc1ccccc1C(=O)NC[C@H](c1ccc2c(c1)CCN2C)N1CCOCC1. The zero-order valence-corrected chi connectivity index (χ0v) is 16.8. The fraction of sp³-hybridized carbons (Fsp3) is 0.435. The summed E-state index contributed by atoms with van der Waals surface area (Å²) in [5.41, 5.74) is 5.76. The molecule has 0 bridgehead atoms. The third kappa shape index (κ3) is 3.91. The molecule has 0 aliphatic carbocycles. The molecular weight excluding hydrogens is 350 g/mol. The number of carbonyl (C=O) groups excluding carboxylic acids is 1. The van der Waals surface area contributed by atoms with Gasteiger partial charge >= 0.3 is 0 Å². The van der Waals surface area contributed by atoms with Gasteiger partial charge in [0, 0.05) is 44.5 Å². The number of anilines is 1. The Labute approximate surface area is 167 Å². The van der Waals surface area contributed by atoms with E-state index in [-0.39, 0.29) is 11.9 Å². The van der Waals surface area contributed by atoms with Crippen molar-refractivity contribution < 1.29 is 9.53 Å². The minimum atomic E-state index is -0.00254. The maximum absolute atomic E-state index is 12.8. The molecule has 2 heterocycles. The van der Waals surface area contributed by atoms with E-state index in [4.69, 9.17) is 4.74 Å². The monoisotopic (exact) mass is 379 g/mol. The molecule has 4 rings (SSSR count). The number of amides is 1. The molecule has 28 heavy (non-hydrogen) atoms. The maximum atomic E-state index is 12.8. The highest BCUT2D eigenvalue weighted by Gasteiger charge is 2.25. The van der Waals surface area contributed by atoms with Crippen molar-refractivity contribution in [2.45, 2.75) is 19.4 Å². The second kappa shape index (κ2) is 8.33. The Morgan fingerprint density at radius 2 is 1.93 bits per heavy atom. The van der Waals surface area contributed by atoms with Gasteiger partial charge in [0.15, 0.2) is 0 Å². The van der Waals surface area contributed by atoms with Crippen LogP contribution in [0.15, 0.2) is 42.5 Å². The fourth-order valence-corrected chi connectivity index (χ4v) is 4.25. The van der Waals surface area contributed by atoms with Gasteiger partial charge in [-0.3, -0.25) is 9.69 Å². The molecule has 2 aromatic carbocycles. The Bertz CT molecular complexity index is 845. The number of fused-ring (bicyclic) bond motifs is 1. The van der Waals surface area contributed by atoms with Crippen molar-refractivity contribution in [3.63, 3.8) is 0 Å². The fourth-order valence-electron chi connectivity index (χ4n) is 4.25. The molecule has 2 aliphatic heterocycles. The van der Waals surface area contributed by atoms with E-state index in [0.717, 1.165) is 50.4 Å². The van der Waals surface area contributed by atoms with Gasteiger partial charge < -0.3 is 15.0 Å². The Hall–Kier alpha value is -2.37. The first-order valence-electron chi connectivity index (χ1n) is 10.1. The maximum Gasteiger partial charge on any atom is 0.251 e. The summed E-state index contributed by atoms with van der Waals surface area (Å²) < 4.78 is 5.55. The molecule has 2 aromatic rings.